The fraction of sp³-hybridized carbons (Fsp3) is 0.889. The highest BCUT2D eigenvalue weighted by atomic mass is 16.5. The standard InChI is InChI=1S/C18H33NO3/c1-7-16(18(21)22-8-2)19(6)17(20)15-11-13(5)9-10-14(15)12(3)4/h12-16H,7-11H2,1-6H3/t13-,14+,15-,16-/m1/s1. The molecule has 0 aliphatic heterocycles. The number of ether oxygens (including phenoxy) is 1. The Kier molecular flexibility index (Phi) is 7.37. The number of rotatable bonds is 6. The highest BCUT2D eigenvalue weighted by Crippen LogP contribution is 2.39. The van der Waals surface area contributed by atoms with Gasteiger partial charge in [0.05, 0.1) is 6.61 Å². The summed E-state index contributed by atoms with van der Waals surface area (Å²) in [6.07, 6.45) is 3.84. The van der Waals surface area contributed by atoms with Crippen molar-refractivity contribution < 1.29 is 14.3 Å². The molecule has 1 rings (SSSR count). The van der Waals surface area contributed by atoms with Crippen LogP contribution in [0.2, 0.25) is 0 Å². The lowest BCUT2D eigenvalue weighted by Gasteiger charge is -2.39. The molecule has 0 heterocycles. The highest BCUT2D eigenvalue weighted by Gasteiger charge is 2.39. The zero-order valence-corrected chi connectivity index (χ0v) is 15.1. The number of amides is 1. The second-order valence-electron chi connectivity index (χ2n) is 7.06. The Hall–Kier alpha value is -1.06. The molecule has 0 spiro atoms. The molecule has 4 nitrogen and oxygen atoms in total. The van der Waals surface area contributed by atoms with Gasteiger partial charge in [-0.3, -0.25) is 4.79 Å². The lowest BCUT2D eigenvalue weighted by atomic mass is 9.69. The SMILES string of the molecule is CCOC(=O)[C@@H](CC)N(C)C(=O)[C@@H]1C[C@H](C)CC[C@H]1C(C)C. The van der Waals surface area contributed by atoms with Crippen molar-refractivity contribution in [2.24, 2.45) is 23.7 Å². The fourth-order valence-electron chi connectivity index (χ4n) is 3.74. The molecule has 0 N–H and O–H groups in total. The molecule has 0 bridgehead atoms. The van der Waals surface area contributed by atoms with Gasteiger partial charge in [-0.05, 0) is 43.9 Å². The number of nitrogens with zero attached hydrogens (tertiary/aromatic N) is 1. The molecule has 1 amide bonds. The Morgan fingerprint density at radius 1 is 1.23 bits per heavy atom. The minimum Gasteiger partial charge on any atom is -0.464 e. The van der Waals surface area contributed by atoms with Gasteiger partial charge in [-0.15, -0.1) is 0 Å². The molecule has 0 aromatic carbocycles. The summed E-state index contributed by atoms with van der Waals surface area (Å²) >= 11 is 0. The molecule has 1 aliphatic carbocycles. The van der Waals surface area contributed by atoms with E-state index in [9.17, 15) is 9.59 Å². The number of hydrogen-bond donors (Lipinski definition) is 0. The summed E-state index contributed by atoms with van der Waals surface area (Å²) in [6, 6.07) is -0.461. The van der Waals surface area contributed by atoms with E-state index in [0.717, 1.165) is 12.8 Å². The van der Waals surface area contributed by atoms with Gasteiger partial charge in [0.25, 0.3) is 0 Å². The predicted octanol–water partition coefficient (Wildman–Crippen LogP) is 3.49. The van der Waals surface area contributed by atoms with Crippen molar-refractivity contribution in [3.05, 3.63) is 0 Å². The van der Waals surface area contributed by atoms with Crippen molar-refractivity contribution in [1.29, 1.82) is 0 Å². The van der Waals surface area contributed by atoms with E-state index in [1.54, 1.807) is 18.9 Å². The van der Waals surface area contributed by atoms with E-state index < -0.39 is 6.04 Å². The molecule has 128 valence electrons. The van der Waals surface area contributed by atoms with Crippen LogP contribution in [0.1, 0.15) is 60.3 Å². The quantitative estimate of drug-likeness (QED) is 0.705. The normalized spacial score (nSPS) is 26.6. The maximum absolute atomic E-state index is 13.0. The summed E-state index contributed by atoms with van der Waals surface area (Å²) in [6.45, 7) is 10.7. The first-order chi connectivity index (χ1) is 10.3. The van der Waals surface area contributed by atoms with Crippen LogP contribution in [0.4, 0.5) is 0 Å². The van der Waals surface area contributed by atoms with Crippen LogP contribution in [0.3, 0.4) is 0 Å². The van der Waals surface area contributed by atoms with Crippen LogP contribution in [0.15, 0.2) is 0 Å². The van der Waals surface area contributed by atoms with Crippen LogP contribution in [-0.2, 0) is 14.3 Å². The topological polar surface area (TPSA) is 46.6 Å². The molecule has 22 heavy (non-hydrogen) atoms. The molecule has 0 radical (unpaired) electrons. The Morgan fingerprint density at radius 2 is 1.86 bits per heavy atom. The van der Waals surface area contributed by atoms with E-state index in [4.69, 9.17) is 4.74 Å². The van der Waals surface area contributed by atoms with Crippen LogP contribution >= 0.6 is 0 Å². The maximum Gasteiger partial charge on any atom is 0.328 e. The summed E-state index contributed by atoms with van der Waals surface area (Å²) in [5.74, 6) is 1.37. The Bertz CT molecular complexity index is 381. The minimum atomic E-state index is -0.461. The Morgan fingerprint density at radius 3 is 2.36 bits per heavy atom. The average molecular weight is 311 g/mol. The third-order valence-corrected chi connectivity index (χ3v) is 5.10. The second kappa shape index (κ2) is 8.54. The summed E-state index contributed by atoms with van der Waals surface area (Å²) in [5.41, 5.74) is 0. The lowest BCUT2D eigenvalue weighted by molar-refractivity contribution is -0.156. The molecule has 0 aromatic heterocycles. The van der Waals surface area contributed by atoms with E-state index in [1.165, 1.54) is 6.42 Å². The van der Waals surface area contributed by atoms with Gasteiger partial charge in [-0.25, -0.2) is 4.79 Å². The van der Waals surface area contributed by atoms with Gasteiger partial charge in [0.1, 0.15) is 6.04 Å². The van der Waals surface area contributed by atoms with Gasteiger partial charge in [0, 0.05) is 13.0 Å². The van der Waals surface area contributed by atoms with Crippen LogP contribution in [0.25, 0.3) is 0 Å². The molecule has 0 aromatic rings. The summed E-state index contributed by atoms with van der Waals surface area (Å²) in [5, 5.41) is 0. The summed E-state index contributed by atoms with van der Waals surface area (Å²) in [4.78, 5) is 26.7. The lowest BCUT2D eigenvalue weighted by Crippen LogP contribution is -2.48. The van der Waals surface area contributed by atoms with E-state index >= 15 is 0 Å². The van der Waals surface area contributed by atoms with Gasteiger partial charge in [0.15, 0.2) is 0 Å². The molecule has 0 unspecified atom stereocenters. The van der Waals surface area contributed by atoms with Crippen LogP contribution in [-0.4, -0.2) is 36.5 Å². The predicted molar refractivity (Wildman–Crippen MR) is 88.3 cm³/mol. The van der Waals surface area contributed by atoms with Crippen molar-refractivity contribution in [3.8, 4) is 0 Å². The minimum absolute atomic E-state index is 0.0391. The Balaban J connectivity index is 2.87. The first kappa shape index (κ1) is 19.0. The van der Waals surface area contributed by atoms with Crippen molar-refractivity contribution in [2.45, 2.75) is 66.3 Å². The molecular formula is C18H33NO3. The first-order valence-electron chi connectivity index (χ1n) is 8.76. The molecule has 1 fully saturated rings. The second-order valence-corrected chi connectivity index (χ2v) is 7.06. The average Bonchev–Trinajstić information content (AvgIpc) is 2.46. The molecule has 4 heteroatoms. The van der Waals surface area contributed by atoms with Gasteiger partial charge in [-0.2, -0.15) is 0 Å². The van der Waals surface area contributed by atoms with Gasteiger partial charge in [0.2, 0.25) is 5.91 Å². The van der Waals surface area contributed by atoms with E-state index in [0.29, 0.717) is 30.8 Å². The smallest absolute Gasteiger partial charge is 0.328 e. The van der Waals surface area contributed by atoms with Crippen molar-refractivity contribution in [1.82, 2.24) is 4.90 Å². The monoisotopic (exact) mass is 311 g/mol. The van der Waals surface area contributed by atoms with E-state index in [2.05, 4.69) is 20.8 Å². The summed E-state index contributed by atoms with van der Waals surface area (Å²) in [7, 11) is 1.75. The Labute approximate surface area is 135 Å². The van der Waals surface area contributed by atoms with Gasteiger partial charge >= 0.3 is 5.97 Å². The highest BCUT2D eigenvalue weighted by molar-refractivity contribution is 5.85. The van der Waals surface area contributed by atoms with Gasteiger partial charge in [-0.1, -0.05) is 34.1 Å². The number of esters is 1. The number of hydrogen-bond acceptors (Lipinski definition) is 3. The first-order valence-corrected chi connectivity index (χ1v) is 8.76. The number of carbonyl (C=O) groups is 2. The number of carbonyl (C=O) groups excluding carboxylic acids is 2. The zero-order valence-electron chi connectivity index (χ0n) is 15.1. The molecule has 0 saturated heterocycles. The van der Waals surface area contributed by atoms with Crippen molar-refractivity contribution in [3.63, 3.8) is 0 Å². The van der Waals surface area contributed by atoms with Crippen LogP contribution in [0, 0.1) is 23.7 Å². The zero-order chi connectivity index (χ0) is 16.9. The third kappa shape index (κ3) is 4.47. The van der Waals surface area contributed by atoms with Crippen LogP contribution in [0.5, 0.6) is 0 Å². The number of likely N-dealkylation sites (N-methyl/N-ethyl adjacent to an activating group) is 1. The third-order valence-electron chi connectivity index (χ3n) is 5.10. The molecule has 4 atom stereocenters. The van der Waals surface area contributed by atoms with Crippen molar-refractivity contribution in [2.75, 3.05) is 13.7 Å². The summed E-state index contributed by atoms with van der Waals surface area (Å²) < 4.78 is 5.12. The van der Waals surface area contributed by atoms with E-state index in [-0.39, 0.29) is 17.8 Å². The maximum atomic E-state index is 13.0. The fourth-order valence-corrected chi connectivity index (χ4v) is 3.74. The van der Waals surface area contributed by atoms with E-state index in [1.807, 2.05) is 6.92 Å². The molecule has 1 saturated carbocycles. The van der Waals surface area contributed by atoms with Crippen LogP contribution < -0.4 is 0 Å². The molecular weight excluding hydrogens is 278 g/mol. The van der Waals surface area contributed by atoms with Gasteiger partial charge < -0.3 is 9.64 Å². The van der Waals surface area contributed by atoms with Crippen molar-refractivity contribution >= 4 is 11.9 Å². The largest absolute Gasteiger partial charge is 0.464 e. The molecule has 1 aliphatic rings.